The molecule has 0 aliphatic heterocycles. The summed E-state index contributed by atoms with van der Waals surface area (Å²) in [6.07, 6.45) is -0.548. The highest BCUT2D eigenvalue weighted by Crippen LogP contribution is 2.22. The van der Waals surface area contributed by atoms with Gasteiger partial charge in [0.2, 0.25) is 0 Å². The summed E-state index contributed by atoms with van der Waals surface area (Å²) in [4.78, 5) is 0. The topological polar surface area (TPSA) is 66.5 Å². The largest absolute Gasteiger partial charge is 0.398 e. The minimum atomic E-state index is -0.548. The highest BCUT2D eigenvalue weighted by Gasteiger charge is 2.09. The molecule has 0 fully saturated rings. The molecule has 4 N–H and O–H groups in total. The van der Waals surface area contributed by atoms with Gasteiger partial charge in [0.05, 0.1) is 12.7 Å². The normalized spacial score (nSPS) is 12.7. The molecule has 0 spiro atoms. The molecular formula is C10H15NO2S. The van der Waals surface area contributed by atoms with Crippen molar-refractivity contribution in [3.8, 4) is 0 Å². The SMILES string of the molecule is Nc1ccccc1C(O)CSCCO. The van der Waals surface area contributed by atoms with Crippen molar-refractivity contribution in [1.82, 2.24) is 0 Å². The zero-order valence-corrected chi connectivity index (χ0v) is 8.70. The van der Waals surface area contributed by atoms with E-state index in [-0.39, 0.29) is 6.61 Å². The van der Waals surface area contributed by atoms with E-state index < -0.39 is 6.10 Å². The van der Waals surface area contributed by atoms with E-state index in [1.165, 1.54) is 11.8 Å². The van der Waals surface area contributed by atoms with Crippen LogP contribution in [0.4, 0.5) is 5.69 Å². The average molecular weight is 213 g/mol. The lowest BCUT2D eigenvalue weighted by molar-refractivity contribution is 0.205. The molecule has 0 saturated carbocycles. The molecule has 4 heteroatoms. The van der Waals surface area contributed by atoms with Crippen molar-refractivity contribution in [1.29, 1.82) is 0 Å². The Labute approximate surface area is 87.9 Å². The molecule has 0 heterocycles. The molecule has 0 aliphatic rings. The van der Waals surface area contributed by atoms with Crippen LogP contribution in [0.5, 0.6) is 0 Å². The van der Waals surface area contributed by atoms with Crippen LogP contribution in [-0.4, -0.2) is 28.3 Å². The summed E-state index contributed by atoms with van der Waals surface area (Å²) in [6, 6.07) is 7.28. The number of nitrogen functional groups attached to an aromatic ring is 1. The van der Waals surface area contributed by atoms with Gasteiger partial charge in [-0.3, -0.25) is 0 Å². The Bertz CT molecular complexity index is 281. The van der Waals surface area contributed by atoms with E-state index in [1.54, 1.807) is 6.07 Å². The minimum absolute atomic E-state index is 0.141. The lowest BCUT2D eigenvalue weighted by Crippen LogP contribution is -2.05. The van der Waals surface area contributed by atoms with Gasteiger partial charge in [0, 0.05) is 22.8 Å². The maximum atomic E-state index is 9.75. The van der Waals surface area contributed by atoms with Crippen molar-refractivity contribution in [2.24, 2.45) is 0 Å². The minimum Gasteiger partial charge on any atom is -0.398 e. The van der Waals surface area contributed by atoms with Crippen LogP contribution in [0.2, 0.25) is 0 Å². The fourth-order valence-corrected chi connectivity index (χ4v) is 1.86. The summed E-state index contributed by atoms with van der Waals surface area (Å²) in [7, 11) is 0. The third-order valence-electron chi connectivity index (χ3n) is 1.87. The van der Waals surface area contributed by atoms with Crippen LogP contribution in [0.15, 0.2) is 24.3 Å². The number of aliphatic hydroxyl groups is 2. The molecule has 1 aromatic carbocycles. The molecule has 0 aliphatic carbocycles. The van der Waals surface area contributed by atoms with Crippen molar-refractivity contribution in [2.45, 2.75) is 6.10 Å². The van der Waals surface area contributed by atoms with Crippen LogP contribution in [0.1, 0.15) is 11.7 Å². The second-order valence-corrected chi connectivity index (χ2v) is 4.09. The fourth-order valence-electron chi connectivity index (χ4n) is 1.16. The molecule has 0 radical (unpaired) electrons. The van der Waals surface area contributed by atoms with E-state index in [0.717, 1.165) is 5.56 Å². The number of rotatable bonds is 5. The summed E-state index contributed by atoms with van der Waals surface area (Å²) in [5, 5.41) is 18.3. The predicted molar refractivity (Wildman–Crippen MR) is 60.2 cm³/mol. The molecule has 0 aromatic heterocycles. The number of benzene rings is 1. The Kier molecular flexibility index (Phi) is 4.79. The molecule has 14 heavy (non-hydrogen) atoms. The van der Waals surface area contributed by atoms with Crippen LogP contribution < -0.4 is 5.73 Å². The average Bonchev–Trinajstić information content (AvgIpc) is 2.18. The Morgan fingerprint density at radius 1 is 1.36 bits per heavy atom. The molecule has 1 rings (SSSR count). The third kappa shape index (κ3) is 3.21. The van der Waals surface area contributed by atoms with E-state index >= 15 is 0 Å². The predicted octanol–water partition coefficient (Wildman–Crippen LogP) is 1.03. The number of aliphatic hydroxyl groups excluding tert-OH is 2. The van der Waals surface area contributed by atoms with Gasteiger partial charge in [-0.2, -0.15) is 11.8 Å². The van der Waals surface area contributed by atoms with E-state index in [2.05, 4.69) is 0 Å². The molecule has 78 valence electrons. The molecule has 1 unspecified atom stereocenters. The lowest BCUT2D eigenvalue weighted by atomic mass is 10.1. The van der Waals surface area contributed by atoms with Crippen LogP contribution in [0.3, 0.4) is 0 Å². The Morgan fingerprint density at radius 3 is 2.71 bits per heavy atom. The van der Waals surface area contributed by atoms with Crippen molar-refractivity contribution in [3.63, 3.8) is 0 Å². The molecule has 0 amide bonds. The Balaban J connectivity index is 2.51. The van der Waals surface area contributed by atoms with Gasteiger partial charge < -0.3 is 15.9 Å². The summed E-state index contributed by atoms with van der Waals surface area (Å²) < 4.78 is 0. The van der Waals surface area contributed by atoms with Gasteiger partial charge in [0.15, 0.2) is 0 Å². The van der Waals surface area contributed by atoms with E-state index in [4.69, 9.17) is 10.8 Å². The van der Waals surface area contributed by atoms with Gasteiger partial charge in [-0.25, -0.2) is 0 Å². The van der Waals surface area contributed by atoms with Gasteiger partial charge in [-0.1, -0.05) is 18.2 Å². The van der Waals surface area contributed by atoms with Gasteiger partial charge in [0.1, 0.15) is 0 Å². The second-order valence-electron chi connectivity index (χ2n) is 2.94. The highest BCUT2D eigenvalue weighted by molar-refractivity contribution is 7.99. The van der Waals surface area contributed by atoms with E-state index in [1.807, 2.05) is 18.2 Å². The fraction of sp³-hybridized carbons (Fsp3) is 0.400. The third-order valence-corrected chi connectivity index (χ3v) is 2.89. The van der Waals surface area contributed by atoms with Crippen LogP contribution >= 0.6 is 11.8 Å². The monoisotopic (exact) mass is 213 g/mol. The Morgan fingerprint density at radius 2 is 2.07 bits per heavy atom. The first-order valence-electron chi connectivity index (χ1n) is 4.46. The van der Waals surface area contributed by atoms with Crippen LogP contribution in [-0.2, 0) is 0 Å². The van der Waals surface area contributed by atoms with Crippen molar-refractivity contribution < 1.29 is 10.2 Å². The summed E-state index contributed by atoms with van der Waals surface area (Å²) in [6.45, 7) is 0.141. The smallest absolute Gasteiger partial charge is 0.0900 e. The number of hydrogen-bond acceptors (Lipinski definition) is 4. The van der Waals surface area contributed by atoms with E-state index in [9.17, 15) is 5.11 Å². The molecule has 1 atom stereocenters. The van der Waals surface area contributed by atoms with Crippen LogP contribution in [0, 0.1) is 0 Å². The van der Waals surface area contributed by atoms with E-state index in [0.29, 0.717) is 17.2 Å². The maximum Gasteiger partial charge on any atom is 0.0900 e. The number of para-hydroxylation sites is 1. The van der Waals surface area contributed by atoms with Gasteiger partial charge >= 0.3 is 0 Å². The zero-order chi connectivity index (χ0) is 10.4. The highest BCUT2D eigenvalue weighted by atomic mass is 32.2. The lowest BCUT2D eigenvalue weighted by Gasteiger charge is -2.12. The molecular weight excluding hydrogens is 198 g/mol. The van der Waals surface area contributed by atoms with Crippen molar-refractivity contribution in [2.75, 3.05) is 23.8 Å². The van der Waals surface area contributed by atoms with Gasteiger partial charge in [-0.15, -0.1) is 0 Å². The first-order valence-corrected chi connectivity index (χ1v) is 5.62. The molecule has 0 bridgehead atoms. The van der Waals surface area contributed by atoms with Crippen LogP contribution in [0.25, 0.3) is 0 Å². The second kappa shape index (κ2) is 5.90. The standard InChI is InChI=1S/C10H15NO2S/c11-9-4-2-1-3-8(9)10(13)7-14-6-5-12/h1-4,10,12-13H,5-7,11H2. The molecule has 0 saturated heterocycles. The number of thioether (sulfide) groups is 1. The molecule has 3 nitrogen and oxygen atoms in total. The number of nitrogens with two attached hydrogens (primary N) is 1. The van der Waals surface area contributed by atoms with Gasteiger partial charge in [0.25, 0.3) is 0 Å². The first kappa shape index (κ1) is 11.4. The molecule has 1 aromatic rings. The Hall–Kier alpha value is -0.710. The number of anilines is 1. The quantitative estimate of drug-likeness (QED) is 0.505. The summed E-state index contributed by atoms with van der Waals surface area (Å²) in [5.41, 5.74) is 7.08. The summed E-state index contributed by atoms with van der Waals surface area (Å²) >= 11 is 1.51. The van der Waals surface area contributed by atoms with Crippen molar-refractivity contribution in [3.05, 3.63) is 29.8 Å². The number of hydrogen-bond donors (Lipinski definition) is 3. The first-order chi connectivity index (χ1) is 6.75. The maximum absolute atomic E-state index is 9.75. The van der Waals surface area contributed by atoms with Crippen molar-refractivity contribution >= 4 is 17.4 Å². The zero-order valence-electron chi connectivity index (χ0n) is 7.89. The summed E-state index contributed by atoms with van der Waals surface area (Å²) in [5.74, 6) is 1.21. The van der Waals surface area contributed by atoms with Gasteiger partial charge in [-0.05, 0) is 6.07 Å².